The minimum Gasteiger partial charge on any atom is -0.456 e. The van der Waals surface area contributed by atoms with Crippen molar-refractivity contribution >= 4 is 32.7 Å². The van der Waals surface area contributed by atoms with E-state index in [2.05, 4.69) is 151 Å². The van der Waals surface area contributed by atoms with Crippen LogP contribution in [-0.4, -0.2) is 19.9 Å². The van der Waals surface area contributed by atoms with Crippen molar-refractivity contribution in [2.45, 2.75) is 0 Å². The lowest BCUT2D eigenvalue weighted by atomic mass is 9.98. The average molecular weight is 679 g/mol. The van der Waals surface area contributed by atoms with Crippen LogP contribution in [0.2, 0.25) is 0 Å². The van der Waals surface area contributed by atoms with Crippen LogP contribution in [0.3, 0.4) is 0 Å². The summed E-state index contributed by atoms with van der Waals surface area (Å²) in [6, 6.07) is 58.8. The molecule has 0 amide bonds. The number of hydrogen-bond acceptors (Lipinski definition) is 5. The normalized spacial score (nSPS) is 11.4. The van der Waals surface area contributed by atoms with Crippen molar-refractivity contribution in [1.82, 2.24) is 19.9 Å². The molecule has 3 heterocycles. The molecule has 0 aliphatic rings. The fourth-order valence-corrected chi connectivity index (χ4v) is 7.12. The molecule has 0 saturated heterocycles. The molecular formula is C48H30N4O. The highest BCUT2D eigenvalue weighted by Crippen LogP contribution is 2.38. The number of pyridine rings is 1. The zero-order chi connectivity index (χ0) is 35.1. The lowest BCUT2D eigenvalue weighted by Gasteiger charge is -2.10. The Hall–Kier alpha value is -7.24. The first-order valence-corrected chi connectivity index (χ1v) is 17.6. The van der Waals surface area contributed by atoms with E-state index in [1.54, 1.807) is 12.4 Å². The zero-order valence-electron chi connectivity index (χ0n) is 28.5. The van der Waals surface area contributed by atoms with E-state index in [9.17, 15) is 0 Å². The minimum absolute atomic E-state index is 0.597. The van der Waals surface area contributed by atoms with Gasteiger partial charge in [-0.2, -0.15) is 0 Å². The molecule has 10 rings (SSSR count). The van der Waals surface area contributed by atoms with Crippen LogP contribution in [0.25, 0.3) is 100 Å². The molecular weight excluding hydrogens is 649 g/mol. The molecule has 0 aliphatic heterocycles. The molecule has 0 spiro atoms. The summed E-state index contributed by atoms with van der Waals surface area (Å²) in [5.74, 6) is 1.81. The molecule has 0 saturated carbocycles. The van der Waals surface area contributed by atoms with Gasteiger partial charge >= 0.3 is 0 Å². The molecule has 53 heavy (non-hydrogen) atoms. The smallest absolute Gasteiger partial charge is 0.164 e. The van der Waals surface area contributed by atoms with Crippen molar-refractivity contribution in [2.24, 2.45) is 0 Å². The molecule has 0 atom stereocenters. The lowest BCUT2D eigenvalue weighted by molar-refractivity contribution is 0.669. The van der Waals surface area contributed by atoms with Crippen molar-refractivity contribution in [3.8, 4) is 67.5 Å². The SMILES string of the molecule is c1ccc(-c2cccc3oc4cc(-c5ccc(-c6nc(-c7ccncc7)nc(-c7ccc(-c8ccc9ccccc9c8)cc7)n6)cc5)ccc4c23)cc1. The minimum atomic E-state index is 0.597. The van der Waals surface area contributed by atoms with Gasteiger partial charge in [0.1, 0.15) is 11.2 Å². The predicted molar refractivity (Wildman–Crippen MR) is 215 cm³/mol. The van der Waals surface area contributed by atoms with Gasteiger partial charge < -0.3 is 4.42 Å². The van der Waals surface area contributed by atoms with Gasteiger partial charge in [0.15, 0.2) is 17.5 Å². The van der Waals surface area contributed by atoms with Gasteiger partial charge in [-0.05, 0) is 80.6 Å². The van der Waals surface area contributed by atoms with Crippen LogP contribution in [0.4, 0.5) is 0 Å². The molecule has 5 nitrogen and oxygen atoms in total. The third-order valence-electron chi connectivity index (χ3n) is 9.86. The Balaban J connectivity index is 0.994. The summed E-state index contributed by atoms with van der Waals surface area (Å²) in [4.78, 5) is 19.0. The summed E-state index contributed by atoms with van der Waals surface area (Å²) < 4.78 is 6.40. The van der Waals surface area contributed by atoms with Gasteiger partial charge in [-0.15, -0.1) is 0 Å². The Morgan fingerprint density at radius 3 is 1.57 bits per heavy atom. The number of furan rings is 1. The van der Waals surface area contributed by atoms with E-state index in [-0.39, 0.29) is 0 Å². The second-order valence-corrected chi connectivity index (χ2v) is 13.1. The van der Waals surface area contributed by atoms with E-state index in [0.717, 1.165) is 55.3 Å². The standard InChI is InChI=1S/C48H30N4O/c1-2-8-34(9-3-1)41-11-6-12-43-45(41)42-24-23-40(30-44(42)53-43)33-15-20-36(21-16-33)47-50-46(51-48(52-47)37-25-27-49-28-26-37)35-18-13-32(14-19-35)39-22-17-31-7-4-5-10-38(31)29-39/h1-30H. The Morgan fingerprint density at radius 1 is 0.340 bits per heavy atom. The molecule has 0 N–H and O–H groups in total. The highest BCUT2D eigenvalue weighted by atomic mass is 16.3. The van der Waals surface area contributed by atoms with E-state index in [0.29, 0.717) is 17.5 Å². The Morgan fingerprint density at radius 2 is 0.887 bits per heavy atom. The number of rotatable bonds is 6. The number of benzene rings is 7. The van der Waals surface area contributed by atoms with Crippen molar-refractivity contribution in [1.29, 1.82) is 0 Å². The van der Waals surface area contributed by atoms with E-state index < -0.39 is 0 Å². The Labute approximate surface area is 305 Å². The van der Waals surface area contributed by atoms with E-state index in [4.69, 9.17) is 19.4 Å². The zero-order valence-corrected chi connectivity index (χ0v) is 28.5. The van der Waals surface area contributed by atoms with Crippen LogP contribution in [0.1, 0.15) is 0 Å². The maximum Gasteiger partial charge on any atom is 0.164 e. The molecule has 10 aromatic rings. The maximum atomic E-state index is 6.40. The quantitative estimate of drug-likeness (QED) is 0.175. The molecule has 7 aromatic carbocycles. The van der Waals surface area contributed by atoms with Crippen molar-refractivity contribution in [2.75, 3.05) is 0 Å². The second kappa shape index (κ2) is 12.8. The van der Waals surface area contributed by atoms with Crippen LogP contribution in [0, 0.1) is 0 Å². The first kappa shape index (κ1) is 30.6. The number of aromatic nitrogens is 4. The fraction of sp³-hybridized carbons (Fsp3) is 0. The number of fused-ring (bicyclic) bond motifs is 4. The van der Waals surface area contributed by atoms with Gasteiger partial charge in [0.25, 0.3) is 0 Å². The molecule has 5 heteroatoms. The summed E-state index contributed by atoms with van der Waals surface area (Å²) in [6.45, 7) is 0. The summed E-state index contributed by atoms with van der Waals surface area (Å²) in [7, 11) is 0. The summed E-state index contributed by atoms with van der Waals surface area (Å²) in [5.41, 5.74) is 11.2. The van der Waals surface area contributed by atoms with Gasteiger partial charge in [0.05, 0.1) is 0 Å². The largest absolute Gasteiger partial charge is 0.456 e. The fourth-order valence-electron chi connectivity index (χ4n) is 7.12. The second-order valence-electron chi connectivity index (χ2n) is 13.1. The summed E-state index contributed by atoms with van der Waals surface area (Å²) >= 11 is 0. The van der Waals surface area contributed by atoms with Crippen LogP contribution in [0.5, 0.6) is 0 Å². The average Bonchev–Trinajstić information content (AvgIpc) is 3.62. The molecule has 3 aromatic heterocycles. The summed E-state index contributed by atoms with van der Waals surface area (Å²) in [5, 5.41) is 4.69. The maximum absolute atomic E-state index is 6.40. The molecule has 0 unspecified atom stereocenters. The van der Waals surface area contributed by atoms with Gasteiger partial charge in [0.2, 0.25) is 0 Å². The van der Waals surface area contributed by atoms with Gasteiger partial charge in [-0.25, -0.2) is 15.0 Å². The van der Waals surface area contributed by atoms with Crippen molar-refractivity contribution in [3.05, 3.63) is 182 Å². The van der Waals surface area contributed by atoms with Crippen LogP contribution in [0.15, 0.2) is 187 Å². The third-order valence-corrected chi connectivity index (χ3v) is 9.86. The molecule has 0 bridgehead atoms. The summed E-state index contributed by atoms with van der Waals surface area (Å²) in [6.07, 6.45) is 3.51. The van der Waals surface area contributed by atoms with Gasteiger partial charge in [-0.1, -0.05) is 133 Å². The molecule has 0 radical (unpaired) electrons. The monoisotopic (exact) mass is 678 g/mol. The first-order valence-electron chi connectivity index (χ1n) is 17.6. The third kappa shape index (κ3) is 5.71. The predicted octanol–water partition coefficient (Wildman–Crippen LogP) is 12.3. The van der Waals surface area contributed by atoms with E-state index >= 15 is 0 Å². The molecule has 248 valence electrons. The van der Waals surface area contributed by atoms with Crippen LogP contribution >= 0.6 is 0 Å². The van der Waals surface area contributed by atoms with Crippen LogP contribution < -0.4 is 0 Å². The molecule has 0 aliphatic carbocycles. The molecule has 0 fully saturated rings. The van der Waals surface area contributed by atoms with E-state index in [1.807, 2.05) is 24.3 Å². The Kier molecular flexibility index (Phi) is 7.40. The van der Waals surface area contributed by atoms with Crippen molar-refractivity contribution < 1.29 is 4.42 Å². The number of nitrogens with zero attached hydrogens (tertiary/aromatic N) is 4. The lowest BCUT2D eigenvalue weighted by Crippen LogP contribution is -2.00. The van der Waals surface area contributed by atoms with Crippen LogP contribution in [-0.2, 0) is 0 Å². The van der Waals surface area contributed by atoms with Crippen molar-refractivity contribution in [3.63, 3.8) is 0 Å². The number of hydrogen-bond donors (Lipinski definition) is 0. The van der Waals surface area contributed by atoms with Gasteiger partial charge in [-0.3, -0.25) is 4.98 Å². The van der Waals surface area contributed by atoms with E-state index in [1.165, 1.54) is 27.5 Å². The Bertz CT molecular complexity index is 2920. The topological polar surface area (TPSA) is 64.7 Å². The highest BCUT2D eigenvalue weighted by molar-refractivity contribution is 6.13. The first-order chi connectivity index (χ1) is 26.2. The van der Waals surface area contributed by atoms with Gasteiger partial charge in [0, 0.05) is 39.9 Å². The highest BCUT2D eigenvalue weighted by Gasteiger charge is 2.15.